The molecule has 1 aromatic rings. The van der Waals surface area contributed by atoms with Gasteiger partial charge in [-0.1, -0.05) is 12.1 Å². The second-order valence-corrected chi connectivity index (χ2v) is 3.94. The lowest BCUT2D eigenvalue weighted by Gasteiger charge is -2.12. The molecule has 0 spiro atoms. The Morgan fingerprint density at radius 3 is 2.68 bits per heavy atom. The monoisotopic (exact) mass is 294 g/mol. The van der Waals surface area contributed by atoms with Crippen molar-refractivity contribution in [2.24, 2.45) is 0 Å². The molecule has 1 rings (SSSR count). The van der Waals surface area contributed by atoms with Gasteiger partial charge in [0.2, 0.25) is 0 Å². The summed E-state index contributed by atoms with van der Waals surface area (Å²) in [5.41, 5.74) is 0.592. The fourth-order valence-corrected chi connectivity index (χ4v) is 1.44. The first-order chi connectivity index (χ1) is 8.90. The van der Waals surface area contributed by atoms with Gasteiger partial charge < -0.3 is 20.5 Å². The number of thiocarbonyl (C=S) groups is 1. The Bertz CT molecular complexity index is 427. The van der Waals surface area contributed by atoms with Crippen LogP contribution in [0.4, 0.5) is 13.2 Å². The molecule has 0 unspecified atom stereocenters. The largest absolute Gasteiger partial charge is 0.573 e. The van der Waals surface area contributed by atoms with Crippen LogP contribution in [0.1, 0.15) is 5.56 Å². The van der Waals surface area contributed by atoms with Crippen LogP contribution in [0, 0.1) is 0 Å². The molecule has 0 aromatic heterocycles. The first-order valence-electron chi connectivity index (χ1n) is 5.38. The highest BCUT2D eigenvalue weighted by molar-refractivity contribution is 7.80. The number of aliphatic hydroxyl groups excluding tert-OH is 1. The van der Waals surface area contributed by atoms with Crippen molar-refractivity contribution >= 4 is 17.3 Å². The van der Waals surface area contributed by atoms with Gasteiger partial charge in [0.25, 0.3) is 0 Å². The number of hydrogen-bond donors (Lipinski definition) is 3. The van der Waals surface area contributed by atoms with E-state index < -0.39 is 6.36 Å². The number of halogens is 3. The average molecular weight is 294 g/mol. The summed E-state index contributed by atoms with van der Waals surface area (Å²) >= 11 is 4.89. The molecular weight excluding hydrogens is 281 g/mol. The van der Waals surface area contributed by atoms with Gasteiger partial charge in [-0.25, -0.2) is 0 Å². The van der Waals surface area contributed by atoms with Crippen LogP contribution in [0.2, 0.25) is 0 Å². The lowest BCUT2D eigenvalue weighted by molar-refractivity contribution is -0.274. The smallest absolute Gasteiger partial charge is 0.406 e. The lowest BCUT2D eigenvalue weighted by Crippen LogP contribution is -2.36. The molecule has 8 heteroatoms. The molecule has 3 N–H and O–H groups in total. The third kappa shape index (κ3) is 6.82. The summed E-state index contributed by atoms with van der Waals surface area (Å²) in [5.74, 6) is -0.277. The molecule has 0 amide bonds. The average Bonchev–Trinajstić information content (AvgIpc) is 2.32. The van der Waals surface area contributed by atoms with Crippen LogP contribution in [-0.4, -0.2) is 29.7 Å². The molecule has 106 valence electrons. The number of rotatable bonds is 5. The van der Waals surface area contributed by atoms with E-state index in [2.05, 4.69) is 15.4 Å². The second-order valence-electron chi connectivity index (χ2n) is 3.53. The highest BCUT2D eigenvalue weighted by Crippen LogP contribution is 2.23. The van der Waals surface area contributed by atoms with Crippen molar-refractivity contribution in [2.45, 2.75) is 12.9 Å². The standard InChI is InChI=1S/C11H13F3N2O2S/c12-11(13,14)18-9-3-1-2-8(6-9)7-16-10(19)15-4-5-17/h1-3,6,17H,4-5,7H2,(H2,15,16,19). The molecule has 0 saturated heterocycles. The number of alkyl halides is 3. The maximum atomic E-state index is 12.0. The normalized spacial score (nSPS) is 10.9. The Hall–Kier alpha value is -1.54. The summed E-state index contributed by atoms with van der Waals surface area (Å²) in [4.78, 5) is 0. The van der Waals surface area contributed by atoms with Crippen LogP contribution in [0.5, 0.6) is 5.75 Å². The van der Waals surface area contributed by atoms with Gasteiger partial charge in [-0.05, 0) is 29.9 Å². The maximum Gasteiger partial charge on any atom is 0.573 e. The third-order valence-corrected chi connectivity index (χ3v) is 2.27. The fraction of sp³-hybridized carbons (Fsp3) is 0.364. The molecule has 19 heavy (non-hydrogen) atoms. The first-order valence-corrected chi connectivity index (χ1v) is 5.79. The first kappa shape index (κ1) is 15.5. The molecular formula is C11H13F3N2O2S. The number of aliphatic hydroxyl groups is 1. The van der Waals surface area contributed by atoms with E-state index >= 15 is 0 Å². The van der Waals surface area contributed by atoms with E-state index in [0.29, 0.717) is 17.2 Å². The van der Waals surface area contributed by atoms with Crippen molar-refractivity contribution in [1.29, 1.82) is 0 Å². The molecule has 0 aliphatic carbocycles. The number of nitrogens with one attached hydrogen (secondary N) is 2. The quantitative estimate of drug-likeness (QED) is 0.719. The van der Waals surface area contributed by atoms with Gasteiger partial charge in [0.1, 0.15) is 5.75 Å². The Labute approximate surface area is 113 Å². The number of benzene rings is 1. The molecule has 0 aliphatic rings. The second kappa shape index (κ2) is 7.15. The van der Waals surface area contributed by atoms with E-state index in [1.54, 1.807) is 6.07 Å². The minimum atomic E-state index is -4.70. The minimum Gasteiger partial charge on any atom is -0.406 e. The van der Waals surface area contributed by atoms with Crippen LogP contribution >= 0.6 is 12.2 Å². The van der Waals surface area contributed by atoms with Gasteiger partial charge in [0.15, 0.2) is 5.11 Å². The van der Waals surface area contributed by atoms with Gasteiger partial charge in [-0.2, -0.15) is 0 Å². The fourth-order valence-electron chi connectivity index (χ4n) is 1.27. The van der Waals surface area contributed by atoms with Crippen molar-refractivity contribution in [1.82, 2.24) is 10.6 Å². The highest BCUT2D eigenvalue weighted by Gasteiger charge is 2.31. The molecule has 0 heterocycles. The Kier molecular flexibility index (Phi) is 5.84. The van der Waals surface area contributed by atoms with Crippen molar-refractivity contribution < 1.29 is 23.0 Å². The molecule has 0 bridgehead atoms. The Morgan fingerprint density at radius 2 is 2.05 bits per heavy atom. The van der Waals surface area contributed by atoms with Crippen molar-refractivity contribution in [3.05, 3.63) is 29.8 Å². The van der Waals surface area contributed by atoms with E-state index in [-0.39, 0.29) is 18.9 Å². The number of ether oxygens (including phenoxy) is 1. The molecule has 1 aromatic carbocycles. The van der Waals surface area contributed by atoms with E-state index in [4.69, 9.17) is 17.3 Å². The predicted octanol–water partition coefficient (Wildman–Crippen LogP) is 1.54. The van der Waals surface area contributed by atoms with Crippen molar-refractivity contribution in [2.75, 3.05) is 13.2 Å². The zero-order valence-electron chi connectivity index (χ0n) is 9.83. The summed E-state index contributed by atoms with van der Waals surface area (Å²) in [6.07, 6.45) is -4.70. The highest BCUT2D eigenvalue weighted by atomic mass is 32.1. The van der Waals surface area contributed by atoms with Gasteiger partial charge >= 0.3 is 6.36 Å². The topological polar surface area (TPSA) is 53.5 Å². The zero-order valence-corrected chi connectivity index (χ0v) is 10.6. The molecule has 0 aliphatic heterocycles. The van der Waals surface area contributed by atoms with Crippen molar-refractivity contribution in [3.63, 3.8) is 0 Å². The summed E-state index contributed by atoms with van der Waals surface area (Å²) in [6.45, 7) is 0.506. The van der Waals surface area contributed by atoms with Crippen LogP contribution in [0.3, 0.4) is 0 Å². The SMILES string of the molecule is OCCNC(=S)NCc1cccc(OC(F)(F)F)c1. The van der Waals surface area contributed by atoms with Gasteiger partial charge in [0.05, 0.1) is 6.61 Å². The predicted molar refractivity (Wildman–Crippen MR) is 67.7 cm³/mol. The van der Waals surface area contributed by atoms with Crippen LogP contribution in [0.25, 0.3) is 0 Å². The Balaban J connectivity index is 2.50. The molecule has 0 saturated carbocycles. The molecule has 4 nitrogen and oxygen atoms in total. The van der Waals surface area contributed by atoms with Gasteiger partial charge in [0, 0.05) is 13.1 Å². The zero-order chi connectivity index (χ0) is 14.3. The van der Waals surface area contributed by atoms with E-state index in [1.165, 1.54) is 18.2 Å². The Morgan fingerprint density at radius 1 is 1.32 bits per heavy atom. The van der Waals surface area contributed by atoms with Crippen LogP contribution in [0.15, 0.2) is 24.3 Å². The minimum absolute atomic E-state index is 0.0588. The van der Waals surface area contributed by atoms with Crippen LogP contribution in [-0.2, 0) is 6.54 Å². The van der Waals surface area contributed by atoms with Gasteiger partial charge in [-0.3, -0.25) is 0 Å². The number of hydrogen-bond acceptors (Lipinski definition) is 3. The van der Waals surface area contributed by atoms with E-state index in [9.17, 15) is 13.2 Å². The summed E-state index contributed by atoms with van der Waals surface area (Å²) in [6, 6.07) is 5.60. The molecule has 0 atom stereocenters. The van der Waals surface area contributed by atoms with E-state index in [1.807, 2.05) is 0 Å². The summed E-state index contributed by atoms with van der Waals surface area (Å²) < 4.78 is 39.9. The van der Waals surface area contributed by atoms with E-state index in [0.717, 1.165) is 0 Å². The van der Waals surface area contributed by atoms with Gasteiger partial charge in [-0.15, -0.1) is 13.2 Å². The summed E-state index contributed by atoms with van der Waals surface area (Å²) in [5, 5.41) is 14.4. The van der Waals surface area contributed by atoms with Crippen LogP contribution < -0.4 is 15.4 Å². The lowest BCUT2D eigenvalue weighted by atomic mass is 10.2. The summed E-state index contributed by atoms with van der Waals surface area (Å²) in [7, 11) is 0. The maximum absolute atomic E-state index is 12.0. The third-order valence-electron chi connectivity index (χ3n) is 1.98. The molecule has 0 radical (unpaired) electrons. The van der Waals surface area contributed by atoms with Crippen molar-refractivity contribution in [3.8, 4) is 5.75 Å². The molecule has 0 fully saturated rings.